The van der Waals surface area contributed by atoms with Gasteiger partial charge < -0.3 is 20.1 Å². The van der Waals surface area contributed by atoms with E-state index in [1.54, 1.807) is 13.0 Å². The Kier molecular flexibility index (Phi) is 5.45. The van der Waals surface area contributed by atoms with Gasteiger partial charge in [-0.15, -0.1) is 0 Å². The van der Waals surface area contributed by atoms with Crippen molar-refractivity contribution >= 4 is 23.2 Å². The molecule has 1 aliphatic rings. The van der Waals surface area contributed by atoms with Gasteiger partial charge in [0.25, 0.3) is 0 Å². The average molecular weight is 313 g/mol. The number of hydrogen-bond donors (Lipinski definition) is 2. The minimum Gasteiger partial charge on any atom is -0.389 e. The summed E-state index contributed by atoms with van der Waals surface area (Å²) in [7, 11) is 0. The van der Waals surface area contributed by atoms with Crippen molar-refractivity contribution in [1.82, 2.24) is 5.32 Å². The summed E-state index contributed by atoms with van der Waals surface area (Å²) in [6.07, 6.45) is -0.569. The van der Waals surface area contributed by atoms with Gasteiger partial charge in [0.1, 0.15) is 6.04 Å². The lowest BCUT2D eigenvalue weighted by Crippen LogP contribution is -2.54. The predicted octanol–water partition coefficient (Wildman–Crippen LogP) is 1.73. The molecule has 2 N–H and O–H groups in total. The van der Waals surface area contributed by atoms with E-state index < -0.39 is 6.10 Å². The zero-order valence-electron chi connectivity index (χ0n) is 12.3. The van der Waals surface area contributed by atoms with Gasteiger partial charge in [0.15, 0.2) is 0 Å². The summed E-state index contributed by atoms with van der Waals surface area (Å²) < 4.78 is 5.42. The van der Waals surface area contributed by atoms with E-state index in [2.05, 4.69) is 5.32 Å². The molecule has 1 aliphatic heterocycles. The summed E-state index contributed by atoms with van der Waals surface area (Å²) in [4.78, 5) is 14.1. The molecule has 1 saturated heterocycles. The standard InChI is InChI=1S/C15H21ClN2O3/c1-3-17-15(20)14-9-21-7-6-18(14)13-5-4-11(10(2)19)8-12(13)16/h4-5,8,10,14,19H,3,6-7,9H2,1-2H3,(H,17,20)/t10-,14?/m1/s1. The summed E-state index contributed by atoms with van der Waals surface area (Å²) in [6, 6.07) is 5.04. The molecule has 2 atom stereocenters. The van der Waals surface area contributed by atoms with Crippen LogP contribution < -0.4 is 10.2 Å². The molecule has 0 aliphatic carbocycles. The third-order valence-electron chi connectivity index (χ3n) is 3.55. The quantitative estimate of drug-likeness (QED) is 0.889. The lowest BCUT2D eigenvalue weighted by Gasteiger charge is -2.36. The molecule has 5 nitrogen and oxygen atoms in total. The van der Waals surface area contributed by atoms with Gasteiger partial charge in [-0.1, -0.05) is 17.7 Å². The zero-order valence-corrected chi connectivity index (χ0v) is 13.1. The molecule has 6 heteroatoms. The number of benzene rings is 1. The fourth-order valence-corrected chi connectivity index (χ4v) is 2.71. The van der Waals surface area contributed by atoms with E-state index in [1.807, 2.05) is 24.0 Å². The van der Waals surface area contributed by atoms with E-state index in [1.165, 1.54) is 0 Å². The monoisotopic (exact) mass is 312 g/mol. The predicted molar refractivity (Wildman–Crippen MR) is 82.7 cm³/mol. The van der Waals surface area contributed by atoms with Crippen LogP contribution in [0.4, 0.5) is 5.69 Å². The smallest absolute Gasteiger partial charge is 0.245 e. The number of hydrogen-bond acceptors (Lipinski definition) is 4. The molecular weight excluding hydrogens is 292 g/mol. The van der Waals surface area contributed by atoms with Crippen molar-refractivity contribution in [3.63, 3.8) is 0 Å². The third kappa shape index (κ3) is 3.67. The number of ether oxygens (including phenoxy) is 1. The Labute approximate surface area is 129 Å². The van der Waals surface area contributed by atoms with Crippen molar-refractivity contribution in [3.8, 4) is 0 Å². The molecule has 116 valence electrons. The van der Waals surface area contributed by atoms with E-state index in [4.69, 9.17) is 16.3 Å². The van der Waals surface area contributed by atoms with Crippen LogP contribution in [-0.4, -0.2) is 43.4 Å². The molecule has 2 rings (SSSR count). The minimum absolute atomic E-state index is 0.0622. The number of aliphatic hydroxyl groups excluding tert-OH is 1. The van der Waals surface area contributed by atoms with Gasteiger partial charge in [0.2, 0.25) is 5.91 Å². The fraction of sp³-hybridized carbons (Fsp3) is 0.533. The van der Waals surface area contributed by atoms with Crippen molar-refractivity contribution in [2.45, 2.75) is 26.0 Å². The first-order chi connectivity index (χ1) is 10.0. The second-order valence-electron chi connectivity index (χ2n) is 5.07. The number of likely N-dealkylation sites (N-methyl/N-ethyl adjacent to an activating group) is 1. The van der Waals surface area contributed by atoms with Gasteiger partial charge in [-0.05, 0) is 31.5 Å². The van der Waals surface area contributed by atoms with E-state index >= 15 is 0 Å². The molecule has 0 spiro atoms. The van der Waals surface area contributed by atoms with Gasteiger partial charge in [0, 0.05) is 13.1 Å². The number of anilines is 1. The van der Waals surface area contributed by atoms with Gasteiger partial charge in [0.05, 0.1) is 30.0 Å². The van der Waals surface area contributed by atoms with Crippen LogP contribution >= 0.6 is 11.6 Å². The van der Waals surface area contributed by atoms with E-state index in [0.29, 0.717) is 31.3 Å². The molecule has 1 fully saturated rings. The number of halogens is 1. The van der Waals surface area contributed by atoms with Crippen molar-refractivity contribution in [2.24, 2.45) is 0 Å². The lowest BCUT2D eigenvalue weighted by molar-refractivity contribution is -0.124. The fourth-order valence-electron chi connectivity index (χ4n) is 2.42. The van der Waals surface area contributed by atoms with Gasteiger partial charge >= 0.3 is 0 Å². The second kappa shape index (κ2) is 7.11. The Bertz CT molecular complexity index is 508. The largest absolute Gasteiger partial charge is 0.389 e. The van der Waals surface area contributed by atoms with Crippen molar-refractivity contribution in [2.75, 3.05) is 31.2 Å². The van der Waals surface area contributed by atoms with Crippen LogP contribution in [-0.2, 0) is 9.53 Å². The van der Waals surface area contributed by atoms with Gasteiger partial charge in [-0.25, -0.2) is 0 Å². The highest BCUT2D eigenvalue weighted by atomic mass is 35.5. The first-order valence-corrected chi connectivity index (χ1v) is 7.52. The molecule has 1 aromatic rings. The maximum absolute atomic E-state index is 12.2. The van der Waals surface area contributed by atoms with Crippen LogP contribution in [0.15, 0.2) is 18.2 Å². The molecule has 0 bridgehead atoms. The maximum atomic E-state index is 12.2. The molecule has 1 aromatic carbocycles. The van der Waals surface area contributed by atoms with Gasteiger partial charge in [-0.2, -0.15) is 0 Å². The third-order valence-corrected chi connectivity index (χ3v) is 3.85. The Balaban J connectivity index is 2.27. The summed E-state index contributed by atoms with van der Waals surface area (Å²) in [5.41, 5.74) is 1.55. The molecule has 1 amide bonds. The van der Waals surface area contributed by atoms with Crippen LogP contribution in [0, 0.1) is 0 Å². The molecule has 0 radical (unpaired) electrons. The number of morpholine rings is 1. The van der Waals surface area contributed by atoms with E-state index in [9.17, 15) is 9.90 Å². The van der Waals surface area contributed by atoms with Crippen LogP contribution in [0.1, 0.15) is 25.5 Å². The highest BCUT2D eigenvalue weighted by Crippen LogP contribution is 2.31. The Morgan fingerprint density at radius 2 is 2.38 bits per heavy atom. The summed E-state index contributed by atoms with van der Waals surface area (Å²) in [6.45, 7) is 5.67. The van der Waals surface area contributed by atoms with Crippen molar-refractivity contribution < 1.29 is 14.6 Å². The number of nitrogens with one attached hydrogen (secondary N) is 1. The minimum atomic E-state index is -0.569. The zero-order chi connectivity index (χ0) is 15.4. The molecule has 1 heterocycles. The lowest BCUT2D eigenvalue weighted by atomic mass is 10.1. The van der Waals surface area contributed by atoms with Crippen LogP contribution in [0.25, 0.3) is 0 Å². The number of aliphatic hydroxyl groups is 1. The highest BCUT2D eigenvalue weighted by Gasteiger charge is 2.30. The average Bonchev–Trinajstić information content (AvgIpc) is 2.47. The molecule has 0 saturated carbocycles. The van der Waals surface area contributed by atoms with E-state index in [-0.39, 0.29) is 11.9 Å². The first-order valence-electron chi connectivity index (χ1n) is 7.14. The van der Waals surface area contributed by atoms with Crippen LogP contribution in [0.5, 0.6) is 0 Å². The molecule has 0 aromatic heterocycles. The molecule has 1 unspecified atom stereocenters. The van der Waals surface area contributed by atoms with Gasteiger partial charge in [-0.3, -0.25) is 4.79 Å². The highest BCUT2D eigenvalue weighted by molar-refractivity contribution is 6.33. The number of rotatable bonds is 4. The topological polar surface area (TPSA) is 61.8 Å². The first kappa shape index (κ1) is 16.1. The Morgan fingerprint density at radius 1 is 1.62 bits per heavy atom. The van der Waals surface area contributed by atoms with Crippen LogP contribution in [0.2, 0.25) is 5.02 Å². The summed E-state index contributed by atoms with van der Waals surface area (Å²) in [5.74, 6) is -0.0622. The SMILES string of the molecule is CCNC(=O)C1COCCN1c1ccc([C@@H](C)O)cc1Cl. The number of carbonyl (C=O) groups is 1. The molecular formula is C15H21ClN2O3. The molecule has 21 heavy (non-hydrogen) atoms. The maximum Gasteiger partial charge on any atom is 0.245 e. The second-order valence-corrected chi connectivity index (χ2v) is 5.47. The van der Waals surface area contributed by atoms with Crippen LogP contribution in [0.3, 0.4) is 0 Å². The Morgan fingerprint density at radius 3 is 3.00 bits per heavy atom. The summed E-state index contributed by atoms with van der Waals surface area (Å²) in [5, 5.41) is 13.0. The number of nitrogens with zero attached hydrogens (tertiary/aromatic N) is 1. The summed E-state index contributed by atoms with van der Waals surface area (Å²) >= 11 is 6.33. The van der Waals surface area contributed by atoms with E-state index in [0.717, 1.165) is 11.3 Å². The normalized spacial score (nSPS) is 20.2. The number of amides is 1. The van der Waals surface area contributed by atoms with Crippen molar-refractivity contribution in [1.29, 1.82) is 0 Å². The van der Waals surface area contributed by atoms with Crippen molar-refractivity contribution in [3.05, 3.63) is 28.8 Å². The number of carbonyl (C=O) groups excluding carboxylic acids is 1. The Hall–Kier alpha value is -1.30.